The number of anilines is 1. The van der Waals surface area contributed by atoms with Crippen molar-refractivity contribution in [2.45, 2.75) is 51.6 Å². The summed E-state index contributed by atoms with van der Waals surface area (Å²) >= 11 is 0. The number of amides is 1. The van der Waals surface area contributed by atoms with Gasteiger partial charge < -0.3 is 20.1 Å². The predicted molar refractivity (Wildman–Crippen MR) is 135 cm³/mol. The molecule has 2 N–H and O–H groups in total. The number of nitrogens with zero attached hydrogens (tertiary/aromatic N) is 7. The van der Waals surface area contributed by atoms with Gasteiger partial charge in [-0.15, -0.1) is 0 Å². The molecule has 0 aliphatic carbocycles. The molecule has 10 nitrogen and oxygen atoms in total. The van der Waals surface area contributed by atoms with E-state index in [2.05, 4.69) is 22.0 Å². The van der Waals surface area contributed by atoms with Gasteiger partial charge in [-0.25, -0.2) is 9.50 Å². The number of piperidine rings is 1. The van der Waals surface area contributed by atoms with E-state index >= 15 is 0 Å². The van der Waals surface area contributed by atoms with Crippen LogP contribution in [0.2, 0.25) is 0 Å². The number of carbonyl (C=O) groups is 1. The molecule has 5 heterocycles. The van der Waals surface area contributed by atoms with Crippen molar-refractivity contribution in [2.75, 3.05) is 24.5 Å². The molecule has 2 aliphatic rings. The van der Waals surface area contributed by atoms with E-state index in [9.17, 15) is 4.79 Å². The third kappa shape index (κ3) is 4.01. The summed E-state index contributed by atoms with van der Waals surface area (Å²) in [5.74, 6) is 1.79. The molecular weight excluding hydrogens is 456 g/mol. The smallest absolute Gasteiger partial charge is 0.258 e. The number of hydrogen-bond acceptors (Lipinski definition) is 8. The van der Waals surface area contributed by atoms with Gasteiger partial charge >= 0.3 is 0 Å². The number of hydrogen-bond donors (Lipinski definition) is 1. The molecule has 0 saturated carbocycles. The minimum Gasteiger partial charge on any atom is -0.355 e. The minimum atomic E-state index is -0.130. The summed E-state index contributed by atoms with van der Waals surface area (Å²) in [6.45, 7) is 6.21. The number of nitrogens with two attached hydrogens (primary N) is 1. The van der Waals surface area contributed by atoms with Crippen molar-refractivity contribution < 1.29 is 9.32 Å². The second-order valence-corrected chi connectivity index (χ2v) is 9.82. The van der Waals surface area contributed by atoms with E-state index in [0.29, 0.717) is 29.4 Å². The van der Waals surface area contributed by atoms with E-state index in [4.69, 9.17) is 20.3 Å². The molecule has 0 unspecified atom stereocenters. The number of aromatic nitrogens is 5. The molecule has 36 heavy (non-hydrogen) atoms. The van der Waals surface area contributed by atoms with E-state index < -0.39 is 0 Å². The third-order valence-electron chi connectivity index (χ3n) is 7.17. The second-order valence-electron chi connectivity index (χ2n) is 9.82. The Hall–Kier alpha value is -3.79. The molecule has 2 atom stereocenters. The summed E-state index contributed by atoms with van der Waals surface area (Å²) in [5, 5.41) is 8.76. The van der Waals surface area contributed by atoms with E-state index in [1.165, 1.54) is 0 Å². The maximum Gasteiger partial charge on any atom is 0.258 e. The Morgan fingerprint density at radius 1 is 1.11 bits per heavy atom. The molecule has 3 aromatic heterocycles. The van der Waals surface area contributed by atoms with Gasteiger partial charge in [0, 0.05) is 43.5 Å². The average Bonchev–Trinajstić information content (AvgIpc) is 3.62. The van der Waals surface area contributed by atoms with Crippen molar-refractivity contribution in [3.05, 3.63) is 59.2 Å². The number of aryl methyl sites for hydroxylation is 2. The second kappa shape index (κ2) is 9.02. The van der Waals surface area contributed by atoms with Gasteiger partial charge in [-0.2, -0.15) is 10.1 Å². The van der Waals surface area contributed by atoms with E-state index in [1.807, 2.05) is 45.9 Å². The highest BCUT2D eigenvalue weighted by atomic mass is 16.5. The first kappa shape index (κ1) is 22.7. The summed E-state index contributed by atoms with van der Waals surface area (Å²) in [7, 11) is 0. The van der Waals surface area contributed by atoms with Crippen LogP contribution in [0.15, 0.2) is 41.1 Å². The summed E-state index contributed by atoms with van der Waals surface area (Å²) in [6.07, 6.45) is 5.84. The predicted octanol–water partition coefficient (Wildman–Crippen LogP) is 3.30. The molecule has 0 radical (unpaired) electrons. The molecule has 2 saturated heterocycles. The van der Waals surface area contributed by atoms with Crippen molar-refractivity contribution in [3.63, 3.8) is 0 Å². The number of rotatable bonds is 4. The lowest BCUT2D eigenvalue weighted by atomic mass is 9.97. The summed E-state index contributed by atoms with van der Waals surface area (Å²) < 4.78 is 7.21. The lowest BCUT2D eigenvalue weighted by Crippen LogP contribution is -2.39. The maximum atomic E-state index is 13.9. The quantitative estimate of drug-likeness (QED) is 0.467. The molecule has 2 aliphatic heterocycles. The molecule has 6 rings (SSSR count). The van der Waals surface area contributed by atoms with Crippen molar-refractivity contribution >= 4 is 17.4 Å². The van der Waals surface area contributed by atoms with Crippen molar-refractivity contribution in [2.24, 2.45) is 5.73 Å². The molecule has 1 amide bonds. The molecule has 1 aromatic carbocycles. The molecule has 2 fully saturated rings. The van der Waals surface area contributed by atoms with Gasteiger partial charge in [-0.3, -0.25) is 4.79 Å². The Morgan fingerprint density at radius 2 is 1.97 bits per heavy atom. The number of benzene rings is 1. The SMILES string of the molecule is Cc1noc(-c2ccccc2C(=O)N2CCCC[C@H]2c2cc3nc(N4CC[C@H](N)C4)c(C)cn3n2)n1. The van der Waals surface area contributed by atoms with E-state index in [-0.39, 0.29) is 18.0 Å². The maximum absolute atomic E-state index is 13.9. The fourth-order valence-electron chi connectivity index (χ4n) is 5.38. The van der Waals surface area contributed by atoms with Gasteiger partial charge in [0.2, 0.25) is 0 Å². The molecule has 186 valence electrons. The standard InChI is InChI=1S/C26H30N8O2/c1-16-14-34-23(29-24(16)32-12-10-18(27)15-32)13-21(30-34)22-9-5-6-11-33(22)26(35)20-8-4-3-7-19(20)25-28-17(2)31-36-25/h3-4,7-8,13-14,18,22H,5-6,9-12,15,27H2,1-2H3/t18-,22-/m0/s1. The Morgan fingerprint density at radius 3 is 2.75 bits per heavy atom. The first-order valence-electron chi connectivity index (χ1n) is 12.6. The first-order chi connectivity index (χ1) is 17.5. The Bertz CT molecular complexity index is 1430. The van der Waals surface area contributed by atoms with Crippen LogP contribution in [0.1, 0.15) is 59.2 Å². The summed E-state index contributed by atoms with van der Waals surface area (Å²) in [4.78, 5) is 27.3. The monoisotopic (exact) mass is 486 g/mol. The van der Waals surface area contributed by atoms with Crippen LogP contribution in [0.25, 0.3) is 17.1 Å². The fourth-order valence-corrected chi connectivity index (χ4v) is 5.38. The zero-order valence-corrected chi connectivity index (χ0v) is 20.6. The van der Waals surface area contributed by atoms with Gasteiger partial charge in [-0.1, -0.05) is 17.3 Å². The van der Waals surface area contributed by atoms with Crippen LogP contribution >= 0.6 is 0 Å². The topological polar surface area (TPSA) is 119 Å². The number of fused-ring (bicyclic) bond motifs is 1. The van der Waals surface area contributed by atoms with Gasteiger partial charge in [0.05, 0.1) is 22.9 Å². The summed E-state index contributed by atoms with van der Waals surface area (Å²) in [6, 6.07) is 9.48. The normalized spacial score (nSPS) is 20.4. The number of likely N-dealkylation sites (tertiary alicyclic amines) is 1. The Balaban J connectivity index is 1.34. The van der Waals surface area contributed by atoms with Crippen molar-refractivity contribution in [1.29, 1.82) is 0 Å². The zero-order chi connectivity index (χ0) is 24.8. The Labute approximate surface area is 209 Å². The largest absolute Gasteiger partial charge is 0.355 e. The van der Waals surface area contributed by atoms with E-state index in [1.54, 1.807) is 6.92 Å². The van der Waals surface area contributed by atoms with Crippen LogP contribution in [0, 0.1) is 13.8 Å². The average molecular weight is 487 g/mol. The van der Waals surface area contributed by atoms with Crippen LogP contribution in [0.4, 0.5) is 5.82 Å². The Kier molecular flexibility index (Phi) is 5.67. The molecule has 4 aromatic rings. The highest BCUT2D eigenvalue weighted by molar-refractivity contribution is 6.00. The van der Waals surface area contributed by atoms with Crippen molar-refractivity contribution in [3.8, 4) is 11.5 Å². The zero-order valence-electron chi connectivity index (χ0n) is 20.6. The van der Waals surface area contributed by atoms with Gasteiger partial charge in [0.25, 0.3) is 11.8 Å². The molecular formula is C26H30N8O2. The third-order valence-corrected chi connectivity index (χ3v) is 7.17. The fraction of sp³-hybridized carbons (Fsp3) is 0.423. The van der Waals surface area contributed by atoms with Crippen LogP contribution in [-0.2, 0) is 0 Å². The lowest BCUT2D eigenvalue weighted by Gasteiger charge is -2.35. The van der Waals surface area contributed by atoms with Gasteiger partial charge in [0.15, 0.2) is 11.5 Å². The molecule has 10 heteroatoms. The van der Waals surface area contributed by atoms with E-state index in [0.717, 1.165) is 61.5 Å². The van der Waals surface area contributed by atoms with Crippen LogP contribution < -0.4 is 10.6 Å². The highest BCUT2D eigenvalue weighted by Gasteiger charge is 2.32. The summed E-state index contributed by atoms with van der Waals surface area (Å²) in [5.41, 5.74) is 10.0. The highest BCUT2D eigenvalue weighted by Crippen LogP contribution is 2.34. The van der Waals surface area contributed by atoms with Gasteiger partial charge in [-0.05, 0) is 51.7 Å². The lowest BCUT2D eigenvalue weighted by molar-refractivity contribution is 0.0606. The molecule has 0 bridgehead atoms. The van der Waals surface area contributed by atoms with Crippen molar-refractivity contribution in [1.82, 2.24) is 29.6 Å². The minimum absolute atomic E-state index is 0.0564. The van der Waals surface area contributed by atoms with Crippen LogP contribution in [-0.4, -0.2) is 61.2 Å². The molecule has 0 spiro atoms. The first-order valence-corrected chi connectivity index (χ1v) is 12.6. The number of carbonyl (C=O) groups excluding carboxylic acids is 1. The van der Waals surface area contributed by atoms with Crippen LogP contribution in [0.3, 0.4) is 0 Å². The van der Waals surface area contributed by atoms with Gasteiger partial charge in [0.1, 0.15) is 5.82 Å². The van der Waals surface area contributed by atoms with Crippen LogP contribution in [0.5, 0.6) is 0 Å².